The summed E-state index contributed by atoms with van der Waals surface area (Å²) in [6.45, 7) is 1.86. The Morgan fingerprint density at radius 2 is 1.77 bits per heavy atom. The molecule has 0 radical (unpaired) electrons. The van der Waals surface area contributed by atoms with Crippen LogP contribution in [0.15, 0.2) is 36.4 Å². The molecule has 0 bridgehead atoms. The van der Waals surface area contributed by atoms with Crippen molar-refractivity contribution in [3.05, 3.63) is 53.6 Å². The predicted octanol–water partition coefficient (Wildman–Crippen LogP) is 4.32. The van der Waals surface area contributed by atoms with Gasteiger partial charge in [0.2, 0.25) is 11.8 Å². The normalized spacial score (nSPS) is 11.1. The van der Waals surface area contributed by atoms with Crippen molar-refractivity contribution < 1.29 is 23.0 Å². The van der Waals surface area contributed by atoms with Gasteiger partial charge in [-0.05, 0) is 61.7 Å². The minimum Gasteiger partial charge on any atom is -0.477 e. The predicted molar refractivity (Wildman–Crippen MR) is 107 cm³/mol. The smallest absolute Gasteiger partial charge is 0.280 e. The summed E-state index contributed by atoms with van der Waals surface area (Å²) in [4.78, 5) is 12.3. The molecule has 0 saturated carbocycles. The fourth-order valence-corrected chi connectivity index (χ4v) is 2.97. The Bertz CT molecular complexity index is 1010. The van der Waals surface area contributed by atoms with Crippen molar-refractivity contribution in [2.45, 2.75) is 26.2 Å². The molecule has 0 aliphatic carbocycles. The van der Waals surface area contributed by atoms with Crippen molar-refractivity contribution in [2.75, 3.05) is 18.9 Å². The largest absolute Gasteiger partial charge is 0.477 e. The molecule has 0 amide bonds. The van der Waals surface area contributed by atoms with Gasteiger partial charge in [0, 0.05) is 17.9 Å². The van der Waals surface area contributed by atoms with E-state index in [1.165, 1.54) is 30.3 Å². The average Bonchev–Trinajstić information content (AvgIpc) is 2.71. The quantitative estimate of drug-likeness (QED) is 0.529. The summed E-state index contributed by atoms with van der Waals surface area (Å²) in [5.41, 5.74) is 7.44. The van der Waals surface area contributed by atoms with Crippen LogP contribution in [0, 0.1) is 12.7 Å². The summed E-state index contributed by atoms with van der Waals surface area (Å²) < 4.78 is 45.9. The Morgan fingerprint density at radius 3 is 2.43 bits per heavy atom. The highest BCUT2D eigenvalue weighted by molar-refractivity contribution is 5.85. The monoisotopic (exact) mass is 418 g/mol. The van der Waals surface area contributed by atoms with Crippen LogP contribution in [0.25, 0.3) is 22.4 Å². The second-order valence-electron chi connectivity index (χ2n) is 6.62. The second kappa shape index (κ2) is 9.53. The summed E-state index contributed by atoms with van der Waals surface area (Å²) in [7, 11) is 0. The van der Waals surface area contributed by atoms with Crippen molar-refractivity contribution in [2.24, 2.45) is 0 Å². The Morgan fingerprint density at radius 1 is 1.03 bits per heavy atom. The van der Waals surface area contributed by atoms with E-state index in [1.807, 2.05) is 0 Å². The van der Waals surface area contributed by atoms with Gasteiger partial charge < -0.3 is 15.6 Å². The van der Waals surface area contributed by atoms with Gasteiger partial charge in [-0.2, -0.15) is 4.98 Å². The van der Waals surface area contributed by atoms with E-state index in [0.29, 0.717) is 40.9 Å². The van der Waals surface area contributed by atoms with Crippen LogP contribution >= 0.6 is 0 Å². The van der Waals surface area contributed by atoms with Crippen molar-refractivity contribution >= 4 is 5.95 Å². The second-order valence-corrected chi connectivity index (χ2v) is 6.62. The number of pyridine rings is 1. The van der Waals surface area contributed by atoms with Crippen molar-refractivity contribution in [3.63, 3.8) is 0 Å². The minimum absolute atomic E-state index is 0.0181. The van der Waals surface area contributed by atoms with Gasteiger partial charge in [0.25, 0.3) is 6.43 Å². The molecule has 0 fully saturated rings. The molecule has 2 heterocycles. The first-order chi connectivity index (χ1) is 14.4. The van der Waals surface area contributed by atoms with Crippen LogP contribution in [0.2, 0.25) is 0 Å². The number of alkyl halides is 2. The summed E-state index contributed by atoms with van der Waals surface area (Å²) >= 11 is 0. The van der Waals surface area contributed by atoms with E-state index in [2.05, 4.69) is 15.0 Å². The van der Waals surface area contributed by atoms with Gasteiger partial charge in [-0.3, -0.25) is 4.98 Å². The molecule has 0 aliphatic heterocycles. The lowest BCUT2D eigenvalue weighted by molar-refractivity contribution is 0.146. The zero-order valence-corrected chi connectivity index (χ0v) is 16.3. The maximum absolute atomic E-state index is 13.4. The lowest BCUT2D eigenvalue weighted by atomic mass is 9.99. The van der Waals surface area contributed by atoms with Crippen LogP contribution in [0.3, 0.4) is 0 Å². The molecule has 0 saturated heterocycles. The van der Waals surface area contributed by atoms with Gasteiger partial charge in [0.1, 0.15) is 11.5 Å². The number of anilines is 1. The maximum Gasteiger partial charge on any atom is 0.280 e. The van der Waals surface area contributed by atoms with Crippen molar-refractivity contribution in [1.82, 2.24) is 15.0 Å². The van der Waals surface area contributed by atoms with Crippen LogP contribution in [0.4, 0.5) is 19.1 Å². The lowest BCUT2D eigenvalue weighted by Gasteiger charge is -2.16. The average molecular weight is 418 g/mol. The van der Waals surface area contributed by atoms with Gasteiger partial charge in [-0.1, -0.05) is 0 Å². The summed E-state index contributed by atoms with van der Waals surface area (Å²) in [5.74, 6) is -0.386. The van der Waals surface area contributed by atoms with E-state index in [4.69, 9.17) is 15.6 Å². The standard InChI is InChI=1S/C21H21F3N4O2/c1-12-10-14(11-16(26-12)19(23)24)17-18(13-4-6-15(22)7-5-13)27-21(25)28-20(17)30-9-3-2-8-29/h4-7,10-11,19,29H,2-3,8-9H2,1H3,(H2,25,27,28). The van der Waals surface area contributed by atoms with Gasteiger partial charge in [0.15, 0.2) is 0 Å². The van der Waals surface area contributed by atoms with Gasteiger partial charge in [0.05, 0.1) is 17.9 Å². The number of hydrogen-bond acceptors (Lipinski definition) is 6. The number of benzene rings is 1. The lowest BCUT2D eigenvalue weighted by Crippen LogP contribution is -2.07. The topological polar surface area (TPSA) is 94.2 Å². The third-order valence-electron chi connectivity index (χ3n) is 4.29. The van der Waals surface area contributed by atoms with E-state index >= 15 is 0 Å². The number of nitrogens with zero attached hydrogens (tertiary/aromatic N) is 3. The molecule has 3 aromatic rings. The number of aryl methyl sites for hydroxylation is 1. The Labute approximate surface area is 171 Å². The Hall–Kier alpha value is -3.20. The molecule has 30 heavy (non-hydrogen) atoms. The van der Waals surface area contributed by atoms with Crippen LogP contribution in [0.5, 0.6) is 5.88 Å². The molecule has 158 valence electrons. The van der Waals surface area contributed by atoms with Gasteiger partial charge >= 0.3 is 0 Å². The van der Waals surface area contributed by atoms with E-state index in [1.54, 1.807) is 13.0 Å². The number of unbranched alkanes of at least 4 members (excludes halogenated alkanes) is 1. The molecule has 0 aliphatic rings. The summed E-state index contributed by atoms with van der Waals surface area (Å²) in [6.07, 6.45) is -1.67. The Kier molecular flexibility index (Phi) is 6.83. The Balaban J connectivity index is 2.20. The first-order valence-corrected chi connectivity index (χ1v) is 9.33. The van der Waals surface area contributed by atoms with Crippen LogP contribution < -0.4 is 10.5 Å². The number of halogens is 3. The maximum atomic E-state index is 13.4. The highest BCUT2D eigenvalue weighted by Crippen LogP contribution is 2.39. The highest BCUT2D eigenvalue weighted by atomic mass is 19.3. The molecule has 0 unspecified atom stereocenters. The van der Waals surface area contributed by atoms with E-state index in [9.17, 15) is 13.2 Å². The number of aromatic nitrogens is 3. The number of rotatable bonds is 8. The number of nitrogen functional groups attached to an aromatic ring is 1. The molecule has 0 spiro atoms. The number of aliphatic hydroxyl groups is 1. The number of hydrogen-bond donors (Lipinski definition) is 2. The minimum atomic E-state index is -2.76. The van der Waals surface area contributed by atoms with Crippen LogP contribution in [0.1, 0.15) is 30.7 Å². The number of ether oxygens (including phenoxy) is 1. The molecular weight excluding hydrogens is 397 g/mol. The zero-order chi connectivity index (χ0) is 21.7. The molecule has 3 rings (SSSR count). The molecule has 0 atom stereocenters. The fraction of sp³-hybridized carbons (Fsp3) is 0.286. The molecule has 1 aromatic carbocycles. The zero-order valence-electron chi connectivity index (χ0n) is 16.3. The molecular formula is C21H21F3N4O2. The van der Waals surface area contributed by atoms with Crippen LogP contribution in [-0.4, -0.2) is 33.3 Å². The highest BCUT2D eigenvalue weighted by Gasteiger charge is 2.21. The van der Waals surface area contributed by atoms with E-state index in [-0.39, 0.29) is 25.0 Å². The van der Waals surface area contributed by atoms with Crippen LogP contribution in [-0.2, 0) is 0 Å². The van der Waals surface area contributed by atoms with E-state index < -0.39 is 17.9 Å². The third-order valence-corrected chi connectivity index (χ3v) is 4.29. The first kappa shape index (κ1) is 21.5. The molecule has 3 N–H and O–H groups in total. The SMILES string of the molecule is Cc1cc(-c2c(OCCCCO)nc(N)nc2-c2ccc(F)cc2)cc(C(F)F)n1. The number of aliphatic hydroxyl groups excluding tert-OH is 1. The first-order valence-electron chi connectivity index (χ1n) is 9.33. The van der Waals surface area contributed by atoms with E-state index in [0.717, 1.165) is 0 Å². The number of nitrogens with two attached hydrogens (primary N) is 1. The molecule has 2 aromatic heterocycles. The fourth-order valence-electron chi connectivity index (χ4n) is 2.97. The molecule has 6 nitrogen and oxygen atoms in total. The van der Waals surface area contributed by atoms with Crippen molar-refractivity contribution in [1.29, 1.82) is 0 Å². The summed E-state index contributed by atoms with van der Waals surface area (Å²) in [6, 6.07) is 8.42. The van der Waals surface area contributed by atoms with Crippen molar-refractivity contribution in [3.8, 4) is 28.3 Å². The molecule has 9 heteroatoms. The third kappa shape index (κ3) is 5.04. The van der Waals surface area contributed by atoms with Gasteiger partial charge in [-0.25, -0.2) is 18.2 Å². The summed E-state index contributed by atoms with van der Waals surface area (Å²) in [5, 5.41) is 8.96. The van der Waals surface area contributed by atoms with Gasteiger partial charge in [-0.15, -0.1) is 0 Å².